The zero-order valence-corrected chi connectivity index (χ0v) is 17.4. The summed E-state index contributed by atoms with van der Waals surface area (Å²) in [6, 6.07) is 23.1. The van der Waals surface area contributed by atoms with E-state index in [9.17, 15) is 0 Å². The predicted molar refractivity (Wildman–Crippen MR) is 121 cm³/mol. The van der Waals surface area contributed by atoms with Crippen LogP contribution in [0.3, 0.4) is 0 Å². The third-order valence-electron chi connectivity index (χ3n) is 5.43. The van der Waals surface area contributed by atoms with Crippen LogP contribution in [0.5, 0.6) is 0 Å². The molecule has 0 amide bonds. The smallest absolute Gasteiger partial charge is 0.0991 e. The maximum atomic E-state index is 8.90. The molecule has 2 aromatic carbocycles. The van der Waals surface area contributed by atoms with Gasteiger partial charge in [-0.2, -0.15) is 5.26 Å². The van der Waals surface area contributed by atoms with Crippen LogP contribution >= 0.6 is 0 Å². The number of hydrogen-bond acceptors (Lipinski definition) is 2. The molecule has 3 rings (SSSR count). The largest absolute Gasteiger partial charge is 0.256 e. The van der Waals surface area contributed by atoms with Crippen LogP contribution in [0.2, 0.25) is 0 Å². The predicted octanol–water partition coefficient (Wildman–Crippen LogP) is 6.92. The highest BCUT2D eigenvalue weighted by Gasteiger charge is 2.02. The molecule has 29 heavy (non-hydrogen) atoms. The van der Waals surface area contributed by atoms with E-state index in [2.05, 4.69) is 54.4 Å². The van der Waals surface area contributed by atoms with E-state index in [0.717, 1.165) is 24.1 Å². The van der Waals surface area contributed by atoms with Crippen molar-refractivity contribution in [2.75, 3.05) is 0 Å². The van der Waals surface area contributed by atoms with Crippen LogP contribution in [-0.4, -0.2) is 4.98 Å². The number of benzene rings is 2. The first-order chi connectivity index (χ1) is 14.3. The second kappa shape index (κ2) is 11.2. The molecule has 0 spiro atoms. The molecule has 0 fully saturated rings. The normalized spacial score (nSPS) is 10.6. The minimum absolute atomic E-state index is 0.674. The Morgan fingerprint density at radius 1 is 0.690 bits per heavy atom. The van der Waals surface area contributed by atoms with Gasteiger partial charge in [-0.25, -0.2) is 0 Å². The topological polar surface area (TPSA) is 36.7 Å². The van der Waals surface area contributed by atoms with E-state index in [1.54, 1.807) is 0 Å². The molecule has 2 nitrogen and oxygen atoms in total. The van der Waals surface area contributed by atoms with Gasteiger partial charge in [0, 0.05) is 11.8 Å². The van der Waals surface area contributed by atoms with Gasteiger partial charge in [0.15, 0.2) is 0 Å². The summed E-state index contributed by atoms with van der Waals surface area (Å²) in [6.07, 6.45) is 11.9. The first-order valence-corrected chi connectivity index (χ1v) is 10.8. The Balaban J connectivity index is 1.47. The Labute approximate surface area is 175 Å². The number of nitrogens with zero attached hydrogens (tertiary/aromatic N) is 2. The van der Waals surface area contributed by atoms with Crippen molar-refractivity contribution in [1.29, 1.82) is 5.26 Å². The molecule has 3 aromatic rings. The first-order valence-electron chi connectivity index (χ1n) is 10.8. The second-order valence-electron chi connectivity index (χ2n) is 7.72. The summed E-state index contributed by atoms with van der Waals surface area (Å²) in [5.74, 6) is 0. The highest BCUT2D eigenvalue weighted by Crippen LogP contribution is 2.18. The van der Waals surface area contributed by atoms with Gasteiger partial charge >= 0.3 is 0 Å². The summed E-state index contributed by atoms with van der Waals surface area (Å²) in [4.78, 5) is 4.60. The zero-order chi connectivity index (χ0) is 20.3. The van der Waals surface area contributed by atoms with Gasteiger partial charge in [0.1, 0.15) is 0 Å². The standard InChI is InChI=1S/C27H30N2/c1-2-3-4-5-6-7-22-8-10-23(11-9-22)12-13-25-16-19-27(29-21-25)26-17-14-24(20-28)15-18-26/h8-11,14-19,21H,2-7,12-13H2,1H3. The van der Waals surface area contributed by atoms with Gasteiger partial charge in [-0.1, -0.05) is 75.1 Å². The number of rotatable bonds is 10. The van der Waals surface area contributed by atoms with Crippen molar-refractivity contribution in [2.24, 2.45) is 0 Å². The Hall–Kier alpha value is -2.92. The van der Waals surface area contributed by atoms with Crippen LogP contribution in [0, 0.1) is 11.3 Å². The van der Waals surface area contributed by atoms with Crippen molar-refractivity contribution in [3.63, 3.8) is 0 Å². The molecule has 1 heterocycles. The van der Waals surface area contributed by atoms with Gasteiger partial charge in [-0.05, 0) is 60.6 Å². The molecule has 1 aromatic heterocycles. The fourth-order valence-electron chi connectivity index (χ4n) is 3.55. The molecule has 0 aliphatic carbocycles. The van der Waals surface area contributed by atoms with E-state index in [-0.39, 0.29) is 0 Å². The highest BCUT2D eigenvalue weighted by atomic mass is 14.7. The van der Waals surface area contributed by atoms with Crippen LogP contribution in [0.4, 0.5) is 0 Å². The van der Waals surface area contributed by atoms with Crippen LogP contribution in [0.15, 0.2) is 66.9 Å². The van der Waals surface area contributed by atoms with E-state index in [1.807, 2.05) is 30.5 Å². The van der Waals surface area contributed by atoms with Crippen LogP contribution < -0.4 is 0 Å². The number of unbranched alkanes of at least 4 members (excludes halogenated alkanes) is 4. The van der Waals surface area contributed by atoms with Crippen molar-refractivity contribution in [1.82, 2.24) is 4.98 Å². The molecule has 0 aliphatic rings. The van der Waals surface area contributed by atoms with Gasteiger partial charge in [0.2, 0.25) is 0 Å². The third-order valence-corrected chi connectivity index (χ3v) is 5.43. The molecule has 0 bridgehead atoms. The van der Waals surface area contributed by atoms with Gasteiger partial charge < -0.3 is 0 Å². The Bertz CT molecular complexity index is 901. The highest BCUT2D eigenvalue weighted by molar-refractivity contribution is 5.60. The average molecular weight is 383 g/mol. The van der Waals surface area contributed by atoms with Crippen LogP contribution in [0.1, 0.15) is 61.3 Å². The van der Waals surface area contributed by atoms with Crippen LogP contribution in [0.25, 0.3) is 11.3 Å². The number of nitriles is 1. The molecule has 0 atom stereocenters. The van der Waals surface area contributed by atoms with E-state index in [0.29, 0.717) is 5.56 Å². The SMILES string of the molecule is CCCCCCCc1ccc(CCc2ccc(-c3ccc(C#N)cc3)nc2)cc1. The molecule has 148 valence electrons. The van der Waals surface area contributed by atoms with E-state index in [1.165, 1.54) is 55.2 Å². The van der Waals surface area contributed by atoms with Crippen molar-refractivity contribution in [3.8, 4) is 17.3 Å². The molecule has 0 unspecified atom stereocenters. The molecule has 0 radical (unpaired) electrons. The molecular formula is C27H30N2. The summed E-state index contributed by atoms with van der Waals surface area (Å²) >= 11 is 0. The molecule has 2 heteroatoms. The van der Waals surface area contributed by atoms with E-state index >= 15 is 0 Å². The van der Waals surface area contributed by atoms with Crippen molar-refractivity contribution < 1.29 is 0 Å². The van der Waals surface area contributed by atoms with Crippen molar-refractivity contribution >= 4 is 0 Å². The van der Waals surface area contributed by atoms with E-state index < -0.39 is 0 Å². The van der Waals surface area contributed by atoms with Gasteiger partial charge in [0.05, 0.1) is 17.3 Å². The molecule has 0 saturated carbocycles. The fourth-order valence-corrected chi connectivity index (χ4v) is 3.55. The van der Waals surface area contributed by atoms with Gasteiger partial charge in [-0.15, -0.1) is 0 Å². The number of aromatic nitrogens is 1. The lowest BCUT2D eigenvalue weighted by Gasteiger charge is -2.06. The number of hydrogen-bond donors (Lipinski definition) is 0. The average Bonchev–Trinajstić information content (AvgIpc) is 2.79. The van der Waals surface area contributed by atoms with Crippen LogP contribution in [-0.2, 0) is 19.3 Å². The summed E-state index contributed by atoms with van der Waals surface area (Å²) < 4.78 is 0. The zero-order valence-electron chi connectivity index (χ0n) is 17.4. The van der Waals surface area contributed by atoms with E-state index in [4.69, 9.17) is 5.26 Å². The Morgan fingerprint density at radius 2 is 1.31 bits per heavy atom. The third kappa shape index (κ3) is 6.57. The summed E-state index contributed by atoms with van der Waals surface area (Å²) in [5, 5.41) is 8.90. The van der Waals surface area contributed by atoms with Gasteiger partial charge in [-0.3, -0.25) is 4.98 Å². The minimum Gasteiger partial charge on any atom is -0.256 e. The maximum Gasteiger partial charge on any atom is 0.0991 e. The monoisotopic (exact) mass is 382 g/mol. The van der Waals surface area contributed by atoms with Crippen molar-refractivity contribution in [3.05, 3.63) is 89.1 Å². The Morgan fingerprint density at radius 3 is 1.93 bits per heavy atom. The Kier molecular flexibility index (Phi) is 8.01. The maximum absolute atomic E-state index is 8.90. The number of pyridine rings is 1. The lowest BCUT2D eigenvalue weighted by molar-refractivity contribution is 0.632. The first kappa shape index (κ1) is 20.8. The number of aryl methyl sites for hydroxylation is 3. The lowest BCUT2D eigenvalue weighted by atomic mass is 10.0. The summed E-state index contributed by atoms with van der Waals surface area (Å²) in [5.41, 5.74) is 6.76. The summed E-state index contributed by atoms with van der Waals surface area (Å²) in [6.45, 7) is 2.26. The second-order valence-corrected chi connectivity index (χ2v) is 7.72. The molecule has 0 aliphatic heterocycles. The van der Waals surface area contributed by atoms with Gasteiger partial charge in [0.25, 0.3) is 0 Å². The van der Waals surface area contributed by atoms with Crippen molar-refractivity contribution in [2.45, 2.75) is 58.3 Å². The molecular weight excluding hydrogens is 352 g/mol. The molecule has 0 saturated heterocycles. The minimum atomic E-state index is 0.674. The fraction of sp³-hybridized carbons (Fsp3) is 0.333. The lowest BCUT2D eigenvalue weighted by Crippen LogP contribution is -1.94. The molecule has 0 N–H and O–H groups in total. The quantitative estimate of drug-likeness (QED) is 0.357. The summed E-state index contributed by atoms with van der Waals surface area (Å²) in [7, 11) is 0.